The van der Waals surface area contributed by atoms with Gasteiger partial charge in [-0.3, -0.25) is 0 Å². The number of rotatable bonds is 2. The zero-order valence-corrected chi connectivity index (χ0v) is 10.9. The molecule has 2 rings (SSSR count). The summed E-state index contributed by atoms with van der Waals surface area (Å²) in [5, 5.41) is 1.86. The molecule has 0 atom stereocenters. The van der Waals surface area contributed by atoms with Crippen LogP contribution in [0.2, 0.25) is 10.0 Å². The Balaban J connectivity index is 2.68. The van der Waals surface area contributed by atoms with Crippen molar-refractivity contribution in [2.24, 2.45) is 0 Å². The molecule has 0 aliphatic heterocycles. The number of carbonyl (C=O) groups is 1. The van der Waals surface area contributed by atoms with Gasteiger partial charge in [0.15, 0.2) is 0 Å². The number of nitrogens with one attached hydrogen (secondary N) is 1. The van der Waals surface area contributed by atoms with Crippen LogP contribution in [0.4, 0.5) is 0 Å². The lowest BCUT2D eigenvalue weighted by atomic mass is 10.1. The highest BCUT2D eigenvalue weighted by Crippen LogP contribution is 2.33. The van der Waals surface area contributed by atoms with Gasteiger partial charge in [0.1, 0.15) is 5.69 Å². The van der Waals surface area contributed by atoms with Gasteiger partial charge in [-0.2, -0.15) is 0 Å². The third-order valence-electron chi connectivity index (χ3n) is 2.58. The first-order valence-electron chi connectivity index (χ1n) is 5.19. The Morgan fingerprint density at radius 1 is 1.35 bits per heavy atom. The molecule has 0 saturated heterocycles. The molecule has 2 aromatic rings. The van der Waals surface area contributed by atoms with Crippen LogP contribution in [0.25, 0.3) is 10.9 Å². The molecule has 1 aromatic carbocycles. The van der Waals surface area contributed by atoms with Crippen LogP contribution in [0.1, 0.15) is 23.0 Å². The molecule has 90 valence electrons. The van der Waals surface area contributed by atoms with E-state index in [-0.39, 0.29) is 0 Å². The number of aromatic amines is 1. The third-order valence-corrected chi connectivity index (χ3v) is 3.21. The predicted octanol–water partition coefficient (Wildman–Crippen LogP) is 3.96. The summed E-state index contributed by atoms with van der Waals surface area (Å²) in [5.41, 5.74) is 1.82. The van der Waals surface area contributed by atoms with Crippen molar-refractivity contribution in [2.75, 3.05) is 6.61 Å². The lowest BCUT2D eigenvalue weighted by Crippen LogP contribution is -2.06. The Kier molecular flexibility index (Phi) is 3.31. The predicted molar refractivity (Wildman–Crippen MR) is 69.0 cm³/mol. The number of carbonyl (C=O) groups excluding carboxylic acids is 1. The number of esters is 1. The van der Waals surface area contributed by atoms with E-state index in [0.29, 0.717) is 27.9 Å². The van der Waals surface area contributed by atoms with Crippen molar-refractivity contribution in [2.45, 2.75) is 13.8 Å². The normalized spacial score (nSPS) is 10.8. The molecule has 0 aliphatic carbocycles. The van der Waals surface area contributed by atoms with Crippen molar-refractivity contribution in [1.29, 1.82) is 0 Å². The Labute approximate surface area is 109 Å². The van der Waals surface area contributed by atoms with Crippen molar-refractivity contribution in [3.8, 4) is 0 Å². The molecule has 0 bridgehead atoms. The second-order valence-electron chi connectivity index (χ2n) is 3.62. The molecule has 0 fully saturated rings. The van der Waals surface area contributed by atoms with Crippen molar-refractivity contribution in [1.82, 2.24) is 4.98 Å². The maximum Gasteiger partial charge on any atom is 0.355 e. The lowest BCUT2D eigenvalue weighted by molar-refractivity contribution is 0.0520. The zero-order valence-electron chi connectivity index (χ0n) is 9.43. The van der Waals surface area contributed by atoms with Gasteiger partial charge >= 0.3 is 5.97 Å². The van der Waals surface area contributed by atoms with E-state index in [1.165, 1.54) is 0 Å². The molecule has 0 radical (unpaired) electrons. The molecular weight excluding hydrogens is 261 g/mol. The minimum Gasteiger partial charge on any atom is -0.461 e. The Bertz CT molecular complexity index is 590. The van der Waals surface area contributed by atoms with Gasteiger partial charge in [-0.05, 0) is 31.5 Å². The highest BCUT2D eigenvalue weighted by Gasteiger charge is 2.18. The van der Waals surface area contributed by atoms with Crippen LogP contribution in [-0.2, 0) is 4.74 Å². The van der Waals surface area contributed by atoms with Crippen LogP contribution in [0.15, 0.2) is 12.1 Å². The zero-order chi connectivity index (χ0) is 12.6. The molecule has 3 nitrogen and oxygen atoms in total. The van der Waals surface area contributed by atoms with Crippen molar-refractivity contribution < 1.29 is 9.53 Å². The summed E-state index contributed by atoms with van der Waals surface area (Å²) in [4.78, 5) is 14.7. The van der Waals surface area contributed by atoms with Gasteiger partial charge in [0.25, 0.3) is 0 Å². The van der Waals surface area contributed by atoms with E-state index in [4.69, 9.17) is 27.9 Å². The summed E-state index contributed by atoms with van der Waals surface area (Å²) < 4.78 is 4.96. The van der Waals surface area contributed by atoms with Crippen LogP contribution in [0, 0.1) is 6.92 Å². The third kappa shape index (κ3) is 2.01. The topological polar surface area (TPSA) is 42.1 Å². The number of halogens is 2. The average molecular weight is 272 g/mol. The Hall–Kier alpha value is -1.19. The van der Waals surface area contributed by atoms with Crippen molar-refractivity contribution in [3.63, 3.8) is 0 Å². The maximum atomic E-state index is 11.7. The van der Waals surface area contributed by atoms with Gasteiger partial charge in [0, 0.05) is 5.39 Å². The first-order chi connectivity index (χ1) is 8.06. The number of hydrogen-bond donors (Lipinski definition) is 1. The molecule has 0 unspecified atom stereocenters. The Morgan fingerprint density at radius 3 is 2.59 bits per heavy atom. The summed E-state index contributed by atoms with van der Waals surface area (Å²) >= 11 is 12.2. The van der Waals surface area contributed by atoms with Gasteiger partial charge in [-0.15, -0.1) is 0 Å². The number of hydrogen-bond acceptors (Lipinski definition) is 2. The first-order valence-corrected chi connectivity index (χ1v) is 5.95. The molecule has 0 amide bonds. The van der Waals surface area contributed by atoms with Gasteiger partial charge in [0.05, 0.1) is 22.2 Å². The number of aromatic nitrogens is 1. The number of fused-ring (bicyclic) bond motifs is 1. The molecule has 17 heavy (non-hydrogen) atoms. The number of aryl methyl sites for hydroxylation is 1. The van der Waals surface area contributed by atoms with Crippen LogP contribution >= 0.6 is 23.2 Å². The highest BCUT2D eigenvalue weighted by molar-refractivity contribution is 6.40. The Morgan fingerprint density at radius 2 is 2.00 bits per heavy atom. The summed E-state index contributed by atoms with van der Waals surface area (Å²) in [6.07, 6.45) is 0. The summed E-state index contributed by atoms with van der Waals surface area (Å²) in [7, 11) is 0. The first kappa shape index (κ1) is 12.3. The fraction of sp³-hybridized carbons (Fsp3) is 0.250. The molecular formula is C12H11Cl2NO2. The summed E-state index contributed by atoms with van der Waals surface area (Å²) in [5.74, 6) is -0.395. The van der Waals surface area contributed by atoms with E-state index < -0.39 is 5.97 Å². The molecule has 0 aliphatic rings. The van der Waals surface area contributed by atoms with Crippen LogP contribution < -0.4 is 0 Å². The summed E-state index contributed by atoms with van der Waals surface area (Å²) in [6.45, 7) is 3.90. The molecule has 1 aromatic heterocycles. The highest BCUT2D eigenvalue weighted by atomic mass is 35.5. The molecule has 5 heteroatoms. The second-order valence-corrected chi connectivity index (χ2v) is 4.44. The fourth-order valence-electron chi connectivity index (χ4n) is 1.79. The monoisotopic (exact) mass is 271 g/mol. The quantitative estimate of drug-likeness (QED) is 0.841. The van der Waals surface area contributed by atoms with E-state index in [9.17, 15) is 4.79 Å². The van der Waals surface area contributed by atoms with Crippen LogP contribution in [0.5, 0.6) is 0 Å². The van der Waals surface area contributed by atoms with E-state index in [1.807, 2.05) is 6.92 Å². The van der Waals surface area contributed by atoms with Crippen LogP contribution in [-0.4, -0.2) is 17.6 Å². The minimum absolute atomic E-state index is 0.328. The molecule has 1 N–H and O–H groups in total. The molecule has 0 spiro atoms. The van der Waals surface area contributed by atoms with E-state index in [2.05, 4.69) is 4.98 Å². The van der Waals surface area contributed by atoms with Gasteiger partial charge in [-0.25, -0.2) is 4.79 Å². The standard InChI is InChI=1S/C12H11Cl2NO2/c1-3-17-12(16)10-6(2)9-7(13)4-5-8(14)11(9)15-10/h4-5,15H,3H2,1-2H3. The maximum absolute atomic E-state index is 11.7. The minimum atomic E-state index is -0.395. The van der Waals surface area contributed by atoms with Crippen molar-refractivity contribution >= 4 is 40.1 Å². The van der Waals surface area contributed by atoms with Gasteiger partial charge in [-0.1, -0.05) is 23.2 Å². The van der Waals surface area contributed by atoms with E-state index in [0.717, 1.165) is 10.9 Å². The summed E-state index contributed by atoms with van der Waals surface area (Å²) in [6, 6.07) is 3.40. The average Bonchev–Trinajstić information content (AvgIpc) is 2.63. The van der Waals surface area contributed by atoms with Crippen molar-refractivity contribution in [3.05, 3.63) is 33.4 Å². The number of H-pyrrole nitrogens is 1. The second kappa shape index (κ2) is 4.59. The van der Waals surface area contributed by atoms with E-state index >= 15 is 0 Å². The number of benzene rings is 1. The fourth-order valence-corrected chi connectivity index (χ4v) is 2.30. The van der Waals surface area contributed by atoms with Gasteiger partial charge in [0.2, 0.25) is 0 Å². The SMILES string of the molecule is CCOC(=O)c1[nH]c2c(Cl)ccc(Cl)c2c1C. The van der Waals surface area contributed by atoms with Crippen LogP contribution in [0.3, 0.4) is 0 Å². The van der Waals surface area contributed by atoms with E-state index in [1.54, 1.807) is 19.1 Å². The smallest absolute Gasteiger partial charge is 0.355 e. The molecule has 1 heterocycles. The lowest BCUT2D eigenvalue weighted by Gasteiger charge is -1.99. The number of ether oxygens (including phenoxy) is 1. The van der Waals surface area contributed by atoms with Gasteiger partial charge < -0.3 is 9.72 Å². The molecule has 0 saturated carbocycles. The largest absolute Gasteiger partial charge is 0.461 e.